The highest BCUT2D eigenvalue weighted by atomic mass is 79.9. The quantitative estimate of drug-likeness (QED) is 0.731. The maximum absolute atomic E-state index is 3.56. The van der Waals surface area contributed by atoms with E-state index in [0.29, 0.717) is 0 Å². The first-order valence-electron chi connectivity index (χ1n) is 6.38. The molecule has 0 unspecified atom stereocenters. The number of thioether (sulfide) groups is 1. The van der Waals surface area contributed by atoms with Gasteiger partial charge in [-0.25, -0.2) is 0 Å². The summed E-state index contributed by atoms with van der Waals surface area (Å²) in [5.41, 5.74) is 2.69. The first-order chi connectivity index (χ1) is 8.69. The van der Waals surface area contributed by atoms with Crippen molar-refractivity contribution in [1.82, 2.24) is 5.32 Å². The van der Waals surface area contributed by atoms with E-state index < -0.39 is 0 Å². The van der Waals surface area contributed by atoms with Crippen molar-refractivity contribution in [3.8, 4) is 0 Å². The summed E-state index contributed by atoms with van der Waals surface area (Å²) >= 11 is 5.45. The average molecular weight is 331 g/mol. The number of nitrogens with zero attached hydrogens (tertiary/aromatic N) is 1. The van der Waals surface area contributed by atoms with Gasteiger partial charge in [0, 0.05) is 36.1 Å². The normalized spacial score (nSPS) is 10.7. The summed E-state index contributed by atoms with van der Waals surface area (Å²) in [6, 6.07) is 6.54. The van der Waals surface area contributed by atoms with Gasteiger partial charge in [0.05, 0.1) is 0 Å². The van der Waals surface area contributed by atoms with Gasteiger partial charge in [-0.2, -0.15) is 11.8 Å². The molecule has 4 heteroatoms. The molecule has 1 N–H and O–H groups in total. The molecule has 102 valence electrons. The lowest BCUT2D eigenvalue weighted by Crippen LogP contribution is -2.23. The molecule has 0 atom stereocenters. The molecule has 0 aliphatic heterocycles. The molecular weight excluding hydrogens is 308 g/mol. The predicted molar refractivity (Wildman–Crippen MR) is 87.8 cm³/mol. The Morgan fingerprint density at radius 2 is 2.17 bits per heavy atom. The molecule has 0 bridgehead atoms. The summed E-state index contributed by atoms with van der Waals surface area (Å²) in [7, 11) is 2.17. The van der Waals surface area contributed by atoms with Crippen LogP contribution in [0.15, 0.2) is 22.7 Å². The van der Waals surface area contributed by atoms with E-state index in [1.165, 1.54) is 17.7 Å². The molecule has 0 amide bonds. The number of anilines is 1. The van der Waals surface area contributed by atoms with Crippen molar-refractivity contribution >= 4 is 33.4 Å². The molecule has 0 radical (unpaired) electrons. The molecule has 2 nitrogen and oxygen atoms in total. The van der Waals surface area contributed by atoms with Crippen molar-refractivity contribution in [1.29, 1.82) is 0 Å². The molecule has 1 aromatic carbocycles. The van der Waals surface area contributed by atoms with Crippen molar-refractivity contribution in [3.63, 3.8) is 0 Å². The first kappa shape index (κ1) is 15.9. The Morgan fingerprint density at radius 1 is 1.39 bits per heavy atom. The highest BCUT2D eigenvalue weighted by Crippen LogP contribution is 2.24. The molecule has 1 aromatic rings. The average Bonchev–Trinajstić information content (AvgIpc) is 2.36. The molecule has 0 aromatic heterocycles. The second kappa shape index (κ2) is 8.83. The first-order valence-corrected chi connectivity index (χ1v) is 8.57. The largest absolute Gasteiger partial charge is 0.374 e. The van der Waals surface area contributed by atoms with Gasteiger partial charge in [-0.15, -0.1) is 0 Å². The number of hydrogen-bond acceptors (Lipinski definition) is 3. The molecular formula is C14H23BrN2S. The van der Waals surface area contributed by atoms with Crippen molar-refractivity contribution in [2.75, 3.05) is 37.0 Å². The topological polar surface area (TPSA) is 15.3 Å². The smallest absolute Gasteiger partial charge is 0.0410 e. The van der Waals surface area contributed by atoms with Crippen LogP contribution in [-0.4, -0.2) is 32.1 Å². The van der Waals surface area contributed by atoms with E-state index in [1.54, 1.807) is 0 Å². The second-order valence-corrected chi connectivity index (χ2v) is 6.27. The highest BCUT2D eigenvalue weighted by Gasteiger charge is 2.07. The minimum absolute atomic E-state index is 0.937. The van der Waals surface area contributed by atoms with Crippen molar-refractivity contribution < 1.29 is 0 Å². The van der Waals surface area contributed by atoms with Crippen LogP contribution in [-0.2, 0) is 6.54 Å². The third-order valence-corrected chi connectivity index (χ3v) is 3.91. The fourth-order valence-electron chi connectivity index (χ4n) is 1.82. The van der Waals surface area contributed by atoms with Gasteiger partial charge in [-0.3, -0.25) is 0 Å². The zero-order valence-corrected chi connectivity index (χ0v) is 13.9. The molecule has 1 rings (SSSR count). The van der Waals surface area contributed by atoms with Gasteiger partial charge in [0.1, 0.15) is 0 Å². The fourth-order valence-corrected chi connectivity index (χ4v) is 2.68. The third kappa shape index (κ3) is 5.21. The number of benzene rings is 1. The fraction of sp³-hybridized carbons (Fsp3) is 0.571. The molecule has 0 aliphatic carbocycles. The number of rotatable bonds is 8. The molecule has 18 heavy (non-hydrogen) atoms. The Balaban J connectivity index is 2.74. The lowest BCUT2D eigenvalue weighted by atomic mass is 10.1. The van der Waals surface area contributed by atoms with Gasteiger partial charge in [-0.05, 0) is 43.0 Å². The van der Waals surface area contributed by atoms with E-state index in [0.717, 1.165) is 29.9 Å². The van der Waals surface area contributed by atoms with Crippen LogP contribution in [0.1, 0.15) is 18.9 Å². The van der Waals surface area contributed by atoms with Crippen molar-refractivity contribution in [3.05, 3.63) is 28.2 Å². The van der Waals surface area contributed by atoms with Gasteiger partial charge < -0.3 is 10.2 Å². The van der Waals surface area contributed by atoms with E-state index in [9.17, 15) is 0 Å². The Morgan fingerprint density at radius 3 is 2.83 bits per heavy atom. The van der Waals surface area contributed by atoms with Crippen molar-refractivity contribution in [2.45, 2.75) is 19.9 Å². The van der Waals surface area contributed by atoms with Crippen LogP contribution in [0.4, 0.5) is 5.69 Å². The summed E-state index contributed by atoms with van der Waals surface area (Å²) in [6.07, 6.45) is 3.32. The van der Waals surface area contributed by atoms with Crippen LogP contribution in [0, 0.1) is 0 Å². The molecule has 0 saturated carbocycles. The van der Waals surface area contributed by atoms with E-state index in [2.05, 4.69) is 64.6 Å². The SMILES string of the molecule is CCCNCc1cc(Br)ccc1N(C)CCSC. The lowest BCUT2D eigenvalue weighted by molar-refractivity contribution is 0.674. The lowest BCUT2D eigenvalue weighted by Gasteiger charge is -2.22. The zero-order chi connectivity index (χ0) is 13.4. The molecule has 0 aliphatic rings. The Labute approximate surface area is 124 Å². The maximum Gasteiger partial charge on any atom is 0.0410 e. The van der Waals surface area contributed by atoms with E-state index in [1.807, 2.05) is 11.8 Å². The van der Waals surface area contributed by atoms with Crippen LogP contribution < -0.4 is 10.2 Å². The molecule has 0 heterocycles. The van der Waals surface area contributed by atoms with Crippen LogP contribution in [0.25, 0.3) is 0 Å². The second-order valence-electron chi connectivity index (χ2n) is 4.36. The maximum atomic E-state index is 3.56. The van der Waals surface area contributed by atoms with Gasteiger partial charge >= 0.3 is 0 Å². The minimum atomic E-state index is 0.937. The van der Waals surface area contributed by atoms with E-state index >= 15 is 0 Å². The predicted octanol–water partition coefficient (Wildman–Crippen LogP) is 3.75. The van der Waals surface area contributed by atoms with Gasteiger partial charge in [0.25, 0.3) is 0 Å². The van der Waals surface area contributed by atoms with Crippen LogP contribution >= 0.6 is 27.7 Å². The van der Waals surface area contributed by atoms with Crippen LogP contribution in [0.2, 0.25) is 0 Å². The monoisotopic (exact) mass is 330 g/mol. The molecule has 0 spiro atoms. The van der Waals surface area contributed by atoms with Crippen molar-refractivity contribution in [2.24, 2.45) is 0 Å². The van der Waals surface area contributed by atoms with Crippen LogP contribution in [0.3, 0.4) is 0 Å². The number of nitrogens with one attached hydrogen (secondary N) is 1. The number of halogens is 1. The Hall–Kier alpha value is -0.190. The standard InChI is InChI=1S/C14H23BrN2S/c1-4-7-16-11-12-10-13(15)5-6-14(12)17(2)8-9-18-3/h5-6,10,16H,4,7-9,11H2,1-3H3. The summed E-state index contributed by atoms with van der Waals surface area (Å²) in [5.74, 6) is 1.16. The highest BCUT2D eigenvalue weighted by molar-refractivity contribution is 9.10. The Bertz CT molecular complexity index is 358. The third-order valence-electron chi connectivity index (χ3n) is 2.83. The molecule has 0 fully saturated rings. The van der Waals surface area contributed by atoms with E-state index in [4.69, 9.17) is 0 Å². The summed E-state index contributed by atoms with van der Waals surface area (Å²) < 4.78 is 1.15. The molecule has 0 saturated heterocycles. The minimum Gasteiger partial charge on any atom is -0.374 e. The summed E-state index contributed by atoms with van der Waals surface area (Å²) in [4.78, 5) is 2.34. The van der Waals surface area contributed by atoms with Gasteiger partial charge in [0.2, 0.25) is 0 Å². The zero-order valence-electron chi connectivity index (χ0n) is 11.5. The van der Waals surface area contributed by atoms with Gasteiger partial charge in [0.15, 0.2) is 0 Å². The Kier molecular flexibility index (Phi) is 7.79. The summed E-state index contributed by atoms with van der Waals surface area (Å²) in [5, 5.41) is 3.48. The van der Waals surface area contributed by atoms with Gasteiger partial charge in [-0.1, -0.05) is 22.9 Å². The van der Waals surface area contributed by atoms with Crippen LogP contribution in [0.5, 0.6) is 0 Å². The summed E-state index contributed by atoms with van der Waals surface area (Å²) in [6.45, 7) is 5.29. The number of hydrogen-bond donors (Lipinski definition) is 1. The van der Waals surface area contributed by atoms with E-state index in [-0.39, 0.29) is 0 Å².